The first-order valence-corrected chi connectivity index (χ1v) is 19.0. The quantitative estimate of drug-likeness (QED) is 0.184. The van der Waals surface area contributed by atoms with Crippen molar-refractivity contribution in [3.63, 3.8) is 0 Å². The molecule has 258 valence electrons. The predicted octanol–water partition coefficient (Wildman–Crippen LogP) is 13.0. The summed E-state index contributed by atoms with van der Waals surface area (Å²) < 4.78 is 4.66. The molecule has 12 rings (SSSR count). The van der Waals surface area contributed by atoms with E-state index >= 15 is 0 Å². The van der Waals surface area contributed by atoms with Gasteiger partial charge in [0.25, 0.3) is 0 Å². The Morgan fingerprint density at radius 3 is 1.84 bits per heavy atom. The minimum atomic E-state index is -0.112. The smallest absolute Gasteiger partial charge is 0.235 e. The van der Waals surface area contributed by atoms with Gasteiger partial charge in [0, 0.05) is 43.6 Å². The van der Waals surface area contributed by atoms with E-state index in [9.17, 15) is 0 Å². The molecule has 0 amide bonds. The van der Waals surface area contributed by atoms with Crippen LogP contribution in [-0.4, -0.2) is 19.1 Å². The third-order valence-electron chi connectivity index (χ3n) is 12.1. The van der Waals surface area contributed by atoms with Gasteiger partial charge in [-0.1, -0.05) is 135 Å². The van der Waals surface area contributed by atoms with Crippen molar-refractivity contribution in [2.75, 3.05) is 0 Å². The summed E-state index contributed by atoms with van der Waals surface area (Å²) in [7, 11) is 0. The molecule has 8 aromatic carbocycles. The molecule has 0 N–H and O–H groups in total. The minimum absolute atomic E-state index is 0.112. The van der Waals surface area contributed by atoms with Gasteiger partial charge >= 0.3 is 0 Å². The van der Waals surface area contributed by atoms with Crippen molar-refractivity contribution in [1.29, 1.82) is 0 Å². The van der Waals surface area contributed by atoms with Crippen molar-refractivity contribution in [2.24, 2.45) is 0 Å². The lowest BCUT2D eigenvalue weighted by Gasteiger charge is -2.22. The van der Waals surface area contributed by atoms with Crippen LogP contribution in [0.15, 0.2) is 170 Å². The molecule has 0 aliphatic heterocycles. The minimum Gasteiger partial charge on any atom is -0.309 e. The molecule has 1 aliphatic rings. The van der Waals surface area contributed by atoms with Crippen LogP contribution in [0.25, 0.3) is 99.3 Å². The Kier molecular flexibility index (Phi) is 6.09. The Bertz CT molecular complexity index is 3360. The summed E-state index contributed by atoms with van der Waals surface area (Å²) in [5, 5.41) is 8.34. The first kappa shape index (κ1) is 30.4. The van der Waals surface area contributed by atoms with Crippen molar-refractivity contribution < 1.29 is 0 Å². The Morgan fingerprint density at radius 1 is 0.436 bits per heavy atom. The van der Waals surface area contributed by atoms with Gasteiger partial charge in [-0.25, -0.2) is 9.97 Å². The van der Waals surface area contributed by atoms with Crippen LogP contribution in [0.5, 0.6) is 0 Å². The van der Waals surface area contributed by atoms with Crippen LogP contribution in [0, 0.1) is 0 Å². The second kappa shape index (κ2) is 11.0. The molecule has 0 spiro atoms. The molecule has 1 aliphatic carbocycles. The van der Waals surface area contributed by atoms with Crippen LogP contribution in [0.3, 0.4) is 0 Å². The van der Waals surface area contributed by atoms with Crippen LogP contribution in [-0.2, 0) is 5.41 Å². The third-order valence-corrected chi connectivity index (χ3v) is 12.1. The summed E-state index contributed by atoms with van der Waals surface area (Å²) in [6.45, 7) is 4.67. The Balaban J connectivity index is 1.11. The third kappa shape index (κ3) is 4.17. The molecule has 4 nitrogen and oxygen atoms in total. The Hall–Kier alpha value is -7.04. The highest BCUT2D eigenvalue weighted by molar-refractivity contribution is 6.22. The molecule has 0 saturated carbocycles. The molecule has 0 bridgehead atoms. The van der Waals surface area contributed by atoms with Crippen LogP contribution < -0.4 is 0 Å². The van der Waals surface area contributed by atoms with Gasteiger partial charge < -0.3 is 4.57 Å². The van der Waals surface area contributed by atoms with Gasteiger partial charge in [0.15, 0.2) is 0 Å². The average Bonchev–Trinajstić information content (AvgIpc) is 3.84. The maximum atomic E-state index is 5.49. The van der Waals surface area contributed by atoms with E-state index < -0.39 is 0 Å². The monoisotopic (exact) mass is 702 g/mol. The lowest BCUT2D eigenvalue weighted by molar-refractivity contribution is 0.660. The highest BCUT2D eigenvalue weighted by atomic mass is 15.2. The number of para-hydroxylation sites is 4. The second-order valence-electron chi connectivity index (χ2n) is 15.4. The summed E-state index contributed by atoms with van der Waals surface area (Å²) in [6, 6.07) is 61.6. The average molecular weight is 703 g/mol. The zero-order valence-corrected chi connectivity index (χ0v) is 30.5. The van der Waals surface area contributed by atoms with E-state index in [0.29, 0.717) is 5.95 Å². The standard InChI is InChI=1S/C51H34N4/c1-51(2)41-18-8-3-13-34(41)35-27-24-32(29-42(35)51)49-38-16-4-9-19-43(38)52-50(53-49)55-46-22-12-7-17-39(46)48-40-30-33(26-23-31(40)25-28-47(48)55)54-44-20-10-5-14-36(44)37-15-6-11-21-45(37)54/h3-30H,1-2H3. The molecule has 4 heteroatoms. The molecule has 0 fully saturated rings. The van der Waals surface area contributed by atoms with E-state index in [-0.39, 0.29) is 5.41 Å². The topological polar surface area (TPSA) is 35.6 Å². The number of hydrogen-bond acceptors (Lipinski definition) is 2. The van der Waals surface area contributed by atoms with E-state index in [1.165, 1.54) is 65.6 Å². The van der Waals surface area contributed by atoms with Gasteiger partial charge in [0.1, 0.15) is 0 Å². The van der Waals surface area contributed by atoms with Crippen molar-refractivity contribution in [1.82, 2.24) is 19.1 Å². The number of fused-ring (bicyclic) bond motifs is 12. The largest absolute Gasteiger partial charge is 0.309 e. The number of hydrogen-bond donors (Lipinski definition) is 0. The molecule has 55 heavy (non-hydrogen) atoms. The summed E-state index contributed by atoms with van der Waals surface area (Å²) in [5.41, 5.74) is 13.9. The number of nitrogens with zero attached hydrogens (tertiary/aromatic N) is 4. The molecule has 0 radical (unpaired) electrons. The molecule has 11 aromatic rings. The molecular weight excluding hydrogens is 669 g/mol. The van der Waals surface area contributed by atoms with Gasteiger partial charge in [-0.05, 0) is 81.6 Å². The normalized spacial score (nSPS) is 13.4. The molecule has 0 unspecified atom stereocenters. The van der Waals surface area contributed by atoms with Crippen LogP contribution in [0.2, 0.25) is 0 Å². The van der Waals surface area contributed by atoms with Crippen LogP contribution in [0.4, 0.5) is 0 Å². The van der Waals surface area contributed by atoms with E-state index in [1.54, 1.807) is 0 Å². The van der Waals surface area contributed by atoms with Crippen molar-refractivity contribution in [3.05, 3.63) is 181 Å². The van der Waals surface area contributed by atoms with E-state index in [1.807, 2.05) is 0 Å². The fraction of sp³-hybridized carbons (Fsp3) is 0.0588. The molecular formula is C51H34N4. The van der Waals surface area contributed by atoms with Crippen LogP contribution in [0.1, 0.15) is 25.0 Å². The summed E-state index contributed by atoms with van der Waals surface area (Å²) in [5.74, 6) is 0.667. The zero-order chi connectivity index (χ0) is 36.4. The van der Waals surface area contributed by atoms with Gasteiger partial charge in [0.05, 0.1) is 33.3 Å². The Morgan fingerprint density at radius 2 is 1.05 bits per heavy atom. The highest BCUT2D eigenvalue weighted by Gasteiger charge is 2.35. The van der Waals surface area contributed by atoms with E-state index in [0.717, 1.165) is 38.9 Å². The van der Waals surface area contributed by atoms with Crippen molar-refractivity contribution in [3.8, 4) is 34.0 Å². The molecule has 3 aromatic heterocycles. The maximum absolute atomic E-state index is 5.49. The maximum Gasteiger partial charge on any atom is 0.235 e. The van der Waals surface area contributed by atoms with Crippen LogP contribution >= 0.6 is 0 Å². The van der Waals surface area contributed by atoms with Gasteiger partial charge in [-0.3, -0.25) is 4.57 Å². The first-order valence-electron chi connectivity index (χ1n) is 19.0. The fourth-order valence-electron chi connectivity index (χ4n) is 9.57. The Labute approximate surface area is 317 Å². The van der Waals surface area contributed by atoms with Crippen molar-refractivity contribution >= 4 is 65.3 Å². The molecule has 3 heterocycles. The van der Waals surface area contributed by atoms with Gasteiger partial charge in [-0.2, -0.15) is 0 Å². The first-order chi connectivity index (χ1) is 27.0. The van der Waals surface area contributed by atoms with E-state index in [2.05, 4.69) is 193 Å². The molecule has 0 saturated heterocycles. The number of rotatable bonds is 3. The number of benzene rings is 8. The summed E-state index contributed by atoms with van der Waals surface area (Å²) in [4.78, 5) is 10.8. The zero-order valence-electron chi connectivity index (χ0n) is 30.5. The summed E-state index contributed by atoms with van der Waals surface area (Å²) in [6.07, 6.45) is 0. The fourth-order valence-corrected chi connectivity index (χ4v) is 9.57. The number of aromatic nitrogens is 4. The molecule has 0 atom stereocenters. The van der Waals surface area contributed by atoms with E-state index in [4.69, 9.17) is 9.97 Å². The SMILES string of the molecule is CC1(C)c2ccccc2-c2ccc(-c3nc(-n4c5ccccc5c5c6cc(-n7c8ccccc8c8ccccc87)ccc6ccc54)nc4ccccc34)cc21. The summed E-state index contributed by atoms with van der Waals surface area (Å²) >= 11 is 0. The lowest BCUT2D eigenvalue weighted by atomic mass is 9.82. The predicted molar refractivity (Wildman–Crippen MR) is 229 cm³/mol. The lowest BCUT2D eigenvalue weighted by Crippen LogP contribution is -2.15. The second-order valence-corrected chi connectivity index (χ2v) is 15.4. The van der Waals surface area contributed by atoms with Gasteiger partial charge in [0.2, 0.25) is 5.95 Å². The van der Waals surface area contributed by atoms with Crippen molar-refractivity contribution in [2.45, 2.75) is 19.3 Å². The highest BCUT2D eigenvalue weighted by Crippen LogP contribution is 2.50. The van der Waals surface area contributed by atoms with Gasteiger partial charge in [-0.15, -0.1) is 0 Å².